The predicted octanol–water partition coefficient (Wildman–Crippen LogP) is 2.68. The topological polar surface area (TPSA) is 27.0 Å². The Kier molecular flexibility index (Phi) is 4.42. The van der Waals surface area contributed by atoms with Crippen molar-refractivity contribution in [2.45, 2.75) is 25.3 Å². The molecule has 0 spiro atoms. The molecule has 1 fully saturated rings. The summed E-state index contributed by atoms with van der Waals surface area (Å²) in [5.41, 5.74) is 1.28. The minimum atomic E-state index is 0. The Morgan fingerprint density at radius 1 is 1.38 bits per heavy atom. The van der Waals surface area contributed by atoms with E-state index in [-0.39, 0.29) is 16.8 Å². The van der Waals surface area contributed by atoms with Crippen LogP contribution < -0.4 is 0 Å². The smallest absolute Gasteiger partial charge is 0.656 e. The second-order valence-electron chi connectivity index (χ2n) is 3.20. The average Bonchev–Trinajstić information content (AvgIpc) is 2.21. The third-order valence-electron chi connectivity index (χ3n) is 2.30. The molecular formula is C10H13CoN2+2. The maximum atomic E-state index is 4.56. The van der Waals surface area contributed by atoms with E-state index in [1.807, 2.05) is 18.5 Å². The number of nitrogens with zero attached hydrogens (tertiary/aromatic N) is 2. The van der Waals surface area contributed by atoms with Crippen molar-refractivity contribution < 1.29 is 16.8 Å². The van der Waals surface area contributed by atoms with Gasteiger partial charge in [-0.25, -0.2) is 0 Å². The zero-order valence-electron chi connectivity index (χ0n) is 7.44. The molecular weight excluding hydrogens is 207 g/mol. The molecule has 2 heterocycles. The van der Waals surface area contributed by atoms with Crippen molar-refractivity contribution in [3.8, 4) is 0 Å². The fourth-order valence-corrected chi connectivity index (χ4v) is 1.63. The number of hydrogen-bond donors (Lipinski definition) is 0. The number of aromatic nitrogens is 1. The molecule has 1 aliphatic rings. The fraction of sp³-hybridized carbons (Fsp3) is 0.500. The van der Waals surface area contributed by atoms with E-state index in [1.165, 1.54) is 24.8 Å². The molecule has 0 aliphatic carbocycles. The van der Waals surface area contributed by atoms with E-state index < -0.39 is 0 Å². The molecule has 0 saturated carbocycles. The van der Waals surface area contributed by atoms with Gasteiger partial charge in [0.1, 0.15) is 0 Å². The van der Waals surface area contributed by atoms with Crippen molar-refractivity contribution in [1.82, 2.24) is 4.98 Å². The van der Waals surface area contributed by atoms with E-state index in [0.717, 1.165) is 6.54 Å². The summed E-state index contributed by atoms with van der Waals surface area (Å²) in [5, 5.41) is 4.56. The van der Waals surface area contributed by atoms with Crippen molar-refractivity contribution in [3.05, 3.63) is 35.4 Å². The van der Waals surface area contributed by atoms with Gasteiger partial charge in [-0.3, -0.25) is 4.98 Å². The summed E-state index contributed by atoms with van der Waals surface area (Å²) in [5.74, 6) is 0. The molecule has 1 aliphatic heterocycles. The molecule has 2 nitrogen and oxygen atoms in total. The third-order valence-corrected chi connectivity index (χ3v) is 2.30. The van der Waals surface area contributed by atoms with Gasteiger partial charge in [-0.15, -0.1) is 12.6 Å². The molecule has 0 bridgehead atoms. The van der Waals surface area contributed by atoms with Crippen LogP contribution in [0.4, 0.5) is 0 Å². The van der Waals surface area contributed by atoms with Gasteiger partial charge in [0.05, 0.1) is 0 Å². The molecule has 70 valence electrons. The second-order valence-corrected chi connectivity index (χ2v) is 3.20. The quantitative estimate of drug-likeness (QED) is 0.714. The summed E-state index contributed by atoms with van der Waals surface area (Å²) < 4.78 is 0. The molecule has 1 atom stereocenters. The number of hydrogen-bond acceptors (Lipinski definition) is 1. The molecule has 2 rings (SSSR count). The summed E-state index contributed by atoms with van der Waals surface area (Å²) in [6.07, 6.45) is 7.51. The van der Waals surface area contributed by atoms with Gasteiger partial charge in [-0.2, -0.15) is 0 Å². The van der Waals surface area contributed by atoms with Crippen LogP contribution in [0.25, 0.3) is 5.32 Å². The second kappa shape index (κ2) is 5.37. The van der Waals surface area contributed by atoms with E-state index in [2.05, 4.69) is 16.4 Å². The van der Waals surface area contributed by atoms with Gasteiger partial charge in [-0.1, -0.05) is 25.3 Å². The summed E-state index contributed by atoms with van der Waals surface area (Å²) in [7, 11) is 0. The van der Waals surface area contributed by atoms with E-state index in [4.69, 9.17) is 0 Å². The Morgan fingerprint density at radius 2 is 2.31 bits per heavy atom. The summed E-state index contributed by atoms with van der Waals surface area (Å²) in [4.78, 5) is 4.10. The van der Waals surface area contributed by atoms with E-state index in [9.17, 15) is 0 Å². The zero-order valence-corrected chi connectivity index (χ0v) is 8.48. The van der Waals surface area contributed by atoms with Gasteiger partial charge in [0.15, 0.2) is 0 Å². The van der Waals surface area contributed by atoms with Crippen molar-refractivity contribution in [1.29, 1.82) is 0 Å². The van der Waals surface area contributed by atoms with Gasteiger partial charge in [-0.05, 0) is 11.6 Å². The van der Waals surface area contributed by atoms with Crippen molar-refractivity contribution >= 4 is 0 Å². The maximum absolute atomic E-state index is 4.56. The van der Waals surface area contributed by atoms with E-state index >= 15 is 0 Å². The Bertz CT molecular complexity index is 232. The van der Waals surface area contributed by atoms with Crippen LogP contribution in [0.5, 0.6) is 0 Å². The van der Waals surface area contributed by atoms with Crippen LogP contribution in [-0.2, 0) is 16.8 Å². The molecule has 0 aromatic carbocycles. The first-order chi connectivity index (χ1) is 5.97. The predicted molar refractivity (Wildman–Crippen MR) is 49.1 cm³/mol. The number of rotatable bonds is 1. The number of piperidine rings is 1. The molecule has 13 heavy (non-hydrogen) atoms. The molecule has 3 heteroatoms. The first-order valence-corrected chi connectivity index (χ1v) is 4.53. The van der Waals surface area contributed by atoms with Gasteiger partial charge >= 0.3 is 16.8 Å². The van der Waals surface area contributed by atoms with Crippen molar-refractivity contribution in [3.63, 3.8) is 0 Å². The van der Waals surface area contributed by atoms with Crippen LogP contribution >= 0.6 is 0 Å². The first kappa shape index (κ1) is 10.7. The molecule has 1 saturated heterocycles. The molecule has 1 aromatic rings. The summed E-state index contributed by atoms with van der Waals surface area (Å²) in [6.45, 7) is 1.03. The largest absolute Gasteiger partial charge is 3.00 e. The van der Waals surface area contributed by atoms with Gasteiger partial charge in [0, 0.05) is 12.4 Å². The Hall–Kier alpha value is -0.384. The van der Waals surface area contributed by atoms with Gasteiger partial charge in [0.25, 0.3) is 0 Å². The van der Waals surface area contributed by atoms with E-state index in [1.54, 1.807) is 0 Å². The van der Waals surface area contributed by atoms with Crippen molar-refractivity contribution in [2.75, 3.05) is 6.54 Å². The summed E-state index contributed by atoms with van der Waals surface area (Å²) in [6, 6.07) is 4.53. The van der Waals surface area contributed by atoms with Crippen LogP contribution in [0, 0.1) is 0 Å². The van der Waals surface area contributed by atoms with E-state index in [0.29, 0.717) is 6.04 Å². The Balaban J connectivity index is 0.000000845. The van der Waals surface area contributed by atoms with Crippen LogP contribution in [0.3, 0.4) is 0 Å². The molecule has 0 N–H and O–H groups in total. The minimum Gasteiger partial charge on any atom is -0.656 e. The molecule has 0 radical (unpaired) electrons. The van der Waals surface area contributed by atoms with Crippen molar-refractivity contribution in [2.24, 2.45) is 0 Å². The third kappa shape index (κ3) is 2.79. The first-order valence-electron chi connectivity index (χ1n) is 4.53. The fourth-order valence-electron chi connectivity index (χ4n) is 1.63. The standard InChI is InChI=1S/C10H13N2.Co/c1-2-7-12-10(5-1)9-4-3-6-11-8-9;/h3-4,6,8,10H,1-2,5,7H2;/q-1;+3. The normalized spacial score (nSPS) is 22.0. The van der Waals surface area contributed by atoms with Gasteiger partial charge < -0.3 is 5.32 Å². The number of pyridine rings is 1. The monoisotopic (exact) mass is 220 g/mol. The van der Waals surface area contributed by atoms with Crippen LogP contribution in [0.1, 0.15) is 30.9 Å². The minimum absolute atomic E-state index is 0. The molecule has 1 aromatic heterocycles. The average molecular weight is 220 g/mol. The van der Waals surface area contributed by atoms with Gasteiger partial charge in [0.2, 0.25) is 0 Å². The molecule has 1 unspecified atom stereocenters. The molecule has 0 amide bonds. The maximum Gasteiger partial charge on any atom is 3.00 e. The summed E-state index contributed by atoms with van der Waals surface area (Å²) >= 11 is 0. The Labute approximate surface area is 89.3 Å². The zero-order chi connectivity index (χ0) is 8.23. The van der Waals surface area contributed by atoms with Crippen LogP contribution in [0.15, 0.2) is 24.5 Å². The Morgan fingerprint density at radius 3 is 2.92 bits per heavy atom. The van der Waals surface area contributed by atoms with Crippen LogP contribution in [0.2, 0.25) is 0 Å². The van der Waals surface area contributed by atoms with Crippen LogP contribution in [-0.4, -0.2) is 11.5 Å². The SMILES string of the molecule is [Co+3].c1cncc(C2CCCC[N-]2)c1.